The fraction of sp³-hybridized carbons (Fsp3) is 0.685. The molecule has 0 aliphatic carbocycles. The molecule has 0 fully saturated rings. The van der Waals surface area contributed by atoms with Crippen LogP contribution in [0.1, 0.15) is 219 Å². The molecule has 0 aliphatic rings. The van der Waals surface area contributed by atoms with E-state index in [1.165, 1.54) is 116 Å². The molecule has 0 aromatic rings. The van der Waals surface area contributed by atoms with Crippen LogP contribution >= 0.6 is 0 Å². The van der Waals surface area contributed by atoms with Crippen molar-refractivity contribution in [3.63, 3.8) is 0 Å². The molecule has 0 rings (SSSR count). The summed E-state index contributed by atoms with van der Waals surface area (Å²) in [6.07, 6.45) is 72.4. The van der Waals surface area contributed by atoms with E-state index < -0.39 is 12.1 Å². The van der Waals surface area contributed by atoms with E-state index in [4.69, 9.17) is 0 Å². The van der Waals surface area contributed by atoms with E-state index in [1.807, 2.05) is 6.08 Å². The zero-order valence-corrected chi connectivity index (χ0v) is 38.0. The third kappa shape index (κ3) is 44.4. The molecule has 0 aliphatic heterocycles. The zero-order valence-electron chi connectivity index (χ0n) is 38.0. The second kappa shape index (κ2) is 48.7. The van der Waals surface area contributed by atoms with Crippen LogP contribution in [0.2, 0.25) is 0 Å². The van der Waals surface area contributed by atoms with E-state index in [9.17, 15) is 15.0 Å². The lowest BCUT2D eigenvalue weighted by Gasteiger charge is -2.19. The van der Waals surface area contributed by atoms with Crippen molar-refractivity contribution in [1.29, 1.82) is 0 Å². The highest BCUT2D eigenvalue weighted by molar-refractivity contribution is 5.76. The number of allylic oxidation sites excluding steroid dienone is 15. The predicted molar refractivity (Wildman–Crippen MR) is 257 cm³/mol. The Labute approximate surface area is 360 Å². The Bertz CT molecular complexity index is 1090. The second-order valence-corrected chi connectivity index (χ2v) is 16.1. The molecule has 332 valence electrons. The highest BCUT2D eigenvalue weighted by Crippen LogP contribution is 2.14. The average molecular weight is 804 g/mol. The molecule has 0 aromatic carbocycles. The Morgan fingerprint density at radius 1 is 0.431 bits per heavy atom. The van der Waals surface area contributed by atoms with Crippen LogP contribution in [0.4, 0.5) is 0 Å². The monoisotopic (exact) mass is 804 g/mol. The molecule has 3 N–H and O–H groups in total. The van der Waals surface area contributed by atoms with Gasteiger partial charge in [-0.05, 0) is 89.9 Å². The smallest absolute Gasteiger partial charge is 0.220 e. The highest BCUT2D eigenvalue weighted by Gasteiger charge is 2.17. The summed E-state index contributed by atoms with van der Waals surface area (Å²) in [5, 5.41) is 23.1. The number of nitrogens with one attached hydrogen (secondary N) is 1. The van der Waals surface area contributed by atoms with Gasteiger partial charge in [0.05, 0.1) is 18.8 Å². The number of carbonyl (C=O) groups excluding carboxylic acids is 1. The topological polar surface area (TPSA) is 69.6 Å². The minimum atomic E-state index is -0.882. The van der Waals surface area contributed by atoms with Gasteiger partial charge in [-0.15, -0.1) is 0 Å². The maximum atomic E-state index is 12.4. The van der Waals surface area contributed by atoms with Gasteiger partial charge in [0.25, 0.3) is 0 Å². The van der Waals surface area contributed by atoms with E-state index in [2.05, 4.69) is 104 Å². The lowest BCUT2D eigenvalue weighted by molar-refractivity contribution is -0.123. The molecular weight excluding hydrogens is 711 g/mol. The Morgan fingerprint density at radius 3 is 1.21 bits per heavy atom. The molecule has 2 atom stereocenters. The predicted octanol–water partition coefficient (Wildman–Crippen LogP) is 15.8. The van der Waals surface area contributed by atoms with E-state index in [1.54, 1.807) is 6.08 Å². The summed E-state index contributed by atoms with van der Waals surface area (Å²) in [5.41, 5.74) is 0. The largest absolute Gasteiger partial charge is 0.394 e. The van der Waals surface area contributed by atoms with Gasteiger partial charge >= 0.3 is 0 Å². The lowest BCUT2D eigenvalue weighted by atomic mass is 10.0. The SMILES string of the molecule is CC/C=C\C/C=C\C/C=C\C/C=C\C/C=C\CCCCCCCCCC(=O)NC(CO)C(O)/C=C/CC/C=C/CC/C=C/CCCCCCCCCCCCCCC. The standard InChI is InChI=1S/C54H93NO3/c1-3-5-7-9-11-13-15-17-19-21-23-25-27-29-31-33-35-37-39-41-43-45-47-49-53(57)52(51-56)55-54(58)50-48-46-44-42-40-38-36-34-32-30-28-26-24-22-20-18-16-14-12-10-8-6-4-2/h6,8,12,14,18,20,24,26,30-33,39,41,47,49,52-53,56-57H,3-5,7,9-11,13,15-17,19,21-23,25,27-29,34-38,40,42-46,48,50-51H2,1-2H3,(H,55,58)/b8-6-,14-12-,20-18-,26-24-,32-30-,33-31+,41-39+,49-47+. The minimum Gasteiger partial charge on any atom is -0.394 e. The molecule has 0 aromatic heterocycles. The van der Waals surface area contributed by atoms with E-state index in [-0.39, 0.29) is 12.5 Å². The molecule has 4 heteroatoms. The molecule has 0 radical (unpaired) electrons. The second-order valence-electron chi connectivity index (χ2n) is 16.1. The van der Waals surface area contributed by atoms with Crippen molar-refractivity contribution in [2.45, 2.75) is 231 Å². The summed E-state index contributed by atoms with van der Waals surface area (Å²) in [7, 11) is 0. The first-order valence-corrected chi connectivity index (χ1v) is 24.5. The molecule has 0 saturated heterocycles. The number of hydrogen-bond acceptors (Lipinski definition) is 3. The molecule has 0 bridgehead atoms. The molecule has 4 nitrogen and oxygen atoms in total. The van der Waals surface area contributed by atoms with Gasteiger partial charge in [-0.3, -0.25) is 4.79 Å². The maximum absolute atomic E-state index is 12.4. The number of aliphatic hydroxyl groups excluding tert-OH is 2. The van der Waals surface area contributed by atoms with Crippen LogP contribution in [-0.2, 0) is 4.79 Å². The van der Waals surface area contributed by atoms with Crippen molar-refractivity contribution in [2.24, 2.45) is 0 Å². The lowest BCUT2D eigenvalue weighted by Crippen LogP contribution is -2.45. The maximum Gasteiger partial charge on any atom is 0.220 e. The zero-order chi connectivity index (χ0) is 42.1. The van der Waals surface area contributed by atoms with Crippen LogP contribution in [-0.4, -0.2) is 34.9 Å². The van der Waals surface area contributed by atoms with Gasteiger partial charge < -0.3 is 15.5 Å². The van der Waals surface area contributed by atoms with Crippen LogP contribution in [0.3, 0.4) is 0 Å². The quantitative estimate of drug-likeness (QED) is 0.0425. The average Bonchev–Trinajstić information content (AvgIpc) is 3.23. The number of amides is 1. The third-order valence-corrected chi connectivity index (χ3v) is 10.5. The summed E-state index contributed by atoms with van der Waals surface area (Å²) in [6, 6.07) is -0.659. The molecule has 0 spiro atoms. The molecule has 58 heavy (non-hydrogen) atoms. The van der Waals surface area contributed by atoms with Crippen LogP contribution in [0.15, 0.2) is 97.2 Å². The van der Waals surface area contributed by atoms with E-state index in [0.29, 0.717) is 6.42 Å². The number of hydrogen-bond donors (Lipinski definition) is 3. The van der Waals surface area contributed by atoms with Gasteiger partial charge in [-0.2, -0.15) is 0 Å². The van der Waals surface area contributed by atoms with Gasteiger partial charge in [0.15, 0.2) is 0 Å². The molecule has 0 heterocycles. The van der Waals surface area contributed by atoms with Crippen molar-refractivity contribution in [3.8, 4) is 0 Å². The number of unbranched alkanes of at least 4 members (excludes halogenated alkanes) is 22. The van der Waals surface area contributed by atoms with Crippen molar-refractivity contribution in [3.05, 3.63) is 97.2 Å². The van der Waals surface area contributed by atoms with Crippen LogP contribution in [0.5, 0.6) is 0 Å². The van der Waals surface area contributed by atoms with E-state index in [0.717, 1.165) is 83.5 Å². The first-order valence-electron chi connectivity index (χ1n) is 24.5. The summed E-state index contributed by atoms with van der Waals surface area (Å²) in [4.78, 5) is 12.4. The van der Waals surface area contributed by atoms with E-state index >= 15 is 0 Å². The van der Waals surface area contributed by atoms with Crippen molar-refractivity contribution in [1.82, 2.24) is 5.32 Å². The fourth-order valence-electron chi connectivity index (χ4n) is 6.82. The normalized spacial score (nSPS) is 13.8. The summed E-state index contributed by atoms with van der Waals surface area (Å²) < 4.78 is 0. The van der Waals surface area contributed by atoms with Crippen molar-refractivity contribution in [2.75, 3.05) is 6.61 Å². The number of carbonyl (C=O) groups is 1. The van der Waals surface area contributed by atoms with Gasteiger partial charge in [0, 0.05) is 6.42 Å². The van der Waals surface area contributed by atoms with Crippen LogP contribution in [0.25, 0.3) is 0 Å². The first-order chi connectivity index (χ1) is 28.7. The summed E-state index contributed by atoms with van der Waals surface area (Å²) in [6.45, 7) is 4.17. The highest BCUT2D eigenvalue weighted by atomic mass is 16.3. The fourth-order valence-corrected chi connectivity index (χ4v) is 6.82. The molecule has 1 amide bonds. The Balaban J connectivity index is 3.68. The Morgan fingerprint density at radius 2 is 0.776 bits per heavy atom. The van der Waals surface area contributed by atoms with Gasteiger partial charge in [-0.25, -0.2) is 0 Å². The first kappa shape index (κ1) is 55.3. The molecular formula is C54H93NO3. The van der Waals surface area contributed by atoms with Gasteiger partial charge in [0.1, 0.15) is 0 Å². The Hall–Kier alpha value is -2.69. The van der Waals surface area contributed by atoms with Gasteiger partial charge in [-0.1, -0.05) is 220 Å². The summed E-state index contributed by atoms with van der Waals surface area (Å²) in [5.74, 6) is -0.0927. The summed E-state index contributed by atoms with van der Waals surface area (Å²) >= 11 is 0. The van der Waals surface area contributed by atoms with Crippen LogP contribution < -0.4 is 5.32 Å². The molecule has 2 unspecified atom stereocenters. The Kier molecular flexibility index (Phi) is 46.4. The van der Waals surface area contributed by atoms with Crippen molar-refractivity contribution >= 4 is 5.91 Å². The van der Waals surface area contributed by atoms with Gasteiger partial charge in [0.2, 0.25) is 5.91 Å². The number of rotatable bonds is 43. The van der Waals surface area contributed by atoms with Crippen LogP contribution in [0, 0.1) is 0 Å². The van der Waals surface area contributed by atoms with Crippen molar-refractivity contribution < 1.29 is 15.0 Å². The minimum absolute atomic E-state index is 0.0927. The molecule has 0 saturated carbocycles. The third-order valence-electron chi connectivity index (χ3n) is 10.5. The number of aliphatic hydroxyl groups is 2.